The van der Waals surface area contributed by atoms with Crippen LogP contribution in [0, 0.1) is 5.92 Å². The van der Waals surface area contributed by atoms with Crippen LogP contribution < -0.4 is 20.7 Å². The van der Waals surface area contributed by atoms with Crippen LogP contribution in [0.2, 0.25) is 5.02 Å². The first-order chi connectivity index (χ1) is 35.5. The number of methoxy groups -OCH3 is 1. The number of aromatic nitrogens is 2. The first kappa shape index (κ1) is 56.7. The second-order valence-electron chi connectivity index (χ2n) is 19.4. The number of imidazole rings is 1. The van der Waals surface area contributed by atoms with Crippen LogP contribution in [0.3, 0.4) is 0 Å². The first-order valence-electron chi connectivity index (χ1n) is 25.5. The molecule has 5 unspecified atom stereocenters. The van der Waals surface area contributed by atoms with Gasteiger partial charge in [-0.15, -0.1) is 0 Å². The molecule has 0 aliphatic carbocycles. The summed E-state index contributed by atoms with van der Waals surface area (Å²) in [7, 11) is 6.69. The average molecular weight is 1030 g/mol. The first-order valence-corrected chi connectivity index (χ1v) is 25.9. The number of nitrogens with zero attached hydrogens (tertiary/aromatic N) is 5. The highest BCUT2D eigenvalue weighted by molar-refractivity contribution is 6.30. The van der Waals surface area contributed by atoms with E-state index in [0.717, 1.165) is 65.4 Å². The number of aryl methyl sites for hydroxylation is 1. The van der Waals surface area contributed by atoms with Crippen molar-refractivity contribution in [1.82, 2.24) is 40.2 Å². The van der Waals surface area contributed by atoms with E-state index in [-0.39, 0.29) is 50.6 Å². The third-order valence-corrected chi connectivity index (χ3v) is 14.2. The molecule has 1 saturated heterocycles. The highest BCUT2D eigenvalue weighted by Crippen LogP contribution is 2.30. The quantitative estimate of drug-likeness (QED) is 0.0422. The second-order valence-corrected chi connectivity index (χ2v) is 19.8. The number of aliphatic carboxylic acids is 1. The molecule has 6 rings (SSSR count). The van der Waals surface area contributed by atoms with Gasteiger partial charge in [-0.1, -0.05) is 73.1 Å². The van der Waals surface area contributed by atoms with Crippen LogP contribution in [0.25, 0.3) is 11.3 Å². The van der Waals surface area contributed by atoms with Crippen molar-refractivity contribution in [2.45, 2.75) is 103 Å². The van der Waals surface area contributed by atoms with Crippen LogP contribution >= 0.6 is 11.6 Å². The molecule has 1 aliphatic heterocycles. The fraction of sp³-hybridized carbons (Fsp3) is 0.439. The number of rotatable bonds is 27. The number of carboxylic acids is 1. The molecule has 16 nitrogen and oxygen atoms in total. The molecule has 5 aromatic rings. The molecule has 17 heteroatoms. The predicted octanol–water partition coefficient (Wildman–Crippen LogP) is 7.06. The number of likely N-dealkylation sites (tertiary alicyclic amines) is 1. The average Bonchev–Trinajstić information content (AvgIpc) is 4.06. The third-order valence-electron chi connectivity index (χ3n) is 13.9. The van der Waals surface area contributed by atoms with E-state index in [1.54, 1.807) is 40.1 Å². The van der Waals surface area contributed by atoms with Gasteiger partial charge in [-0.25, -0.2) is 4.98 Å². The molecule has 396 valence electrons. The predicted molar refractivity (Wildman–Crippen MR) is 287 cm³/mol. The fourth-order valence-corrected chi connectivity index (χ4v) is 9.21. The number of hydrogen-bond donors (Lipinski definition) is 4. The Balaban J connectivity index is 1.07. The van der Waals surface area contributed by atoms with Gasteiger partial charge in [0.1, 0.15) is 23.4 Å². The highest BCUT2D eigenvalue weighted by atomic mass is 35.5. The monoisotopic (exact) mass is 1030 g/mol. The summed E-state index contributed by atoms with van der Waals surface area (Å²) >= 11 is 6.20. The van der Waals surface area contributed by atoms with Crippen molar-refractivity contribution in [2.24, 2.45) is 13.0 Å². The lowest BCUT2D eigenvalue weighted by Gasteiger charge is -2.32. The van der Waals surface area contributed by atoms with Gasteiger partial charge in [0, 0.05) is 76.0 Å². The number of amides is 4. The number of likely N-dealkylation sites (N-methyl/N-ethyl adjacent to an activating group) is 2. The van der Waals surface area contributed by atoms with Crippen LogP contribution in [0.1, 0.15) is 74.5 Å². The highest BCUT2D eigenvalue weighted by Gasteiger charge is 2.32. The summed E-state index contributed by atoms with van der Waals surface area (Å²) in [5.41, 5.74) is 5.69. The van der Waals surface area contributed by atoms with E-state index in [0.29, 0.717) is 23.1 Å². The zero-order valence-electron chi connectivity index (χ0n) is 43.8. The molecule has 0 spiro atoms. The number of carboxylic acid groups (broad SMARTS) is 1. The molecule has 0 bridgehead atoms. The van der Waals surface area contributed by atoms with Crippen LogP contribution in [-0.2, 0) is 68.1 Å². The number of carbonyl (C=O) groups is 5. The molecule has 0 radical (unpaired) electrons. The van der Waals surface area contributed by atoms with Gasteiger partial charge in [0.25, 0.3) is 0 Å². The van der Waals surface area contributed by atoms with E-state index in [1.807, 2.05) is 91.1 Å². The Morgan fingerprint density at radius 3 is 2.18 bits per heavy atom. The molecular formula is C57H73ClN8O8. The van der Waals surface area contributed by atoms with Gasteiger partial charge in [-0.05, 0) is 118 Å². The molecular weight excluding hydrogens is 960 g/mol. The van der Waals surface area contributed by atoms with Crippen LogP contribution in [0.4, 0.5) is 0 Å². The Bertz CT molecular complexity index is 2640. The Morgan fingerprint density at radius 2 is 1.51 bits per heavy atom. The SMILES string of the molecule is CCc1ccc(CNC(C)C(=O)NC(COC)C(=O)N(C)C(CC(=O)NCC(C)N(C)C(=O)C(CC(=O)O)Cc2ccccc2)Cc2ccc(Cl)cc2)c(Oc2ccc(-c3cnc(CN4CCCC4)n3C)cc2)c1. The minimum Gasteiger partial charge on any atom is -0.481 e. The number of carbonyl (C=O) groups excluding carboxylic acids is 4. The Morgan fingerprint density at radius 1 is 0.838 bits per heavy atom. The van der Waals surface area contributed by atoms with Gasteiger partial charge in [0.15, 0.2) is 0 Å². The molecule has 4 aromatic carbocycles. The molecule has 1 aromatic heterocycles. The lowest BCUT2D eigenvalue weighted by molar-refractivity contribution is -0.144. The van der Waals surface area contributed by atoms with Gasteiger partial charge in [-0.3, -0.25) is 28.9 Å². The molecule has 4 amide bonds. The Kier molecular flexibility index (Phi) is 21.2. The van der Waals surface area contributed by atoms with Crippen molar-refractivity contribution in [2.75, 3.05) is 47.4 Å². The molecule has 1 fully saturated rings. The van der Waals surface area contributed by atoms with E-state index in [9.17, 15) is 29.1 Å². The molecule has 1 aliphatic rings. The van der Waals surface area contributed by atoms with Crippen LogP contribution in [0.5, 0.6) is 11.5 Å². The van der Waals surface area contributed by atoms with Gasteiger partial charge < -0.3 is 44.9 Å². The maximum Gasteiger partial charge on any atom is 0.304 e. The minimum absolute atomic E-state index is 0.0842. The van der Waals surface area contributed by atoms with Gasteiger partial charge >= 0.3 is 5.97 Å². The fourth-order valence-electron chi connectivity index (χ4n) is 9.09. The van der Waals surface area contributed by atoms with Crippen molar-refractivity contribution in [3.63, 3.8) is 0 Å². The number of nitrogens with one attached hydrogen (secondary N) is 3. The van der Waals surface area contributed by atoms with Crippen molar-refractivity contribution in [3.05, 3.63) is 136 Å². The molecule has 74 heavy (non-hydrogen) atoms. The van der Waals surface area contributed by atoms with Crippen LogP contribution in [0.15, 0.2) is 103 Å². The molecule has 5 atom stereocenters. The molecule has 2 heterocycles. The summed E-state index contributed by atoms with van der Waals surface area (Å²) in [5.74, 6) is -1.09. The lowest BCUT2D eigenvalue weighted by Crippen LogP contribution is -2.56. The maximum atomic E-state index is 14.4. The standard InChI is InChI=1S/C57H73ClN8O8/c1-8-40-16-19-44(51(30-40)74-48-24-20-43(21-25-48)50-35-60-52(65(50)6)36-66-26-12-13-27-66)34-59-39(3)55(70)62-49(37-73-7)57(72)64(5)47(29-42-17-22-46(58)23-18-42)32-53(67)61-33-38(2)63(4)56(71)45(31-54(68)69)28-41-14-10-9-11-15-41/h9-11,14-25,30,35,38-39,45,47,49,59H,8,12-13,26-29,31-34,36-37H2,1-7H3,(H,61,67)(H,62,70)(H,68,69). The topological polar surface area (TPSA) is 188 Å². The molecule has 4 N–H and O–H groups in total. The summed E-state index contributed by atoms with van der Waals surface area (Å²) in [6.45, 7) is 8.88. The van der Waals surface area contributed by atoms with Crippen molar-refractivity contribution >= 4 is 41.2 Å². The largest absolute Gasteiger partial charge is 0.481 e. The zero-order valence-corrected chi connectivity index (χ0v) is 44.6. The summed E-state index contributed by atoms with van der Waals surface area (Å²) in [4.78, 5) is 77.3. The number of halogens is 1. The normalized spacial score (nSPS) is 14.6. The minimum atomic E-state index is -1.08. The number of hydrogen-bond acceptors (Lipinski definition) is 10. The van der Waals surface area contributed by atoms with Crippen molar-refractivity contribution in [1.29, 1.82) is 0 Å². The van der Waals surface area contributed by atoms with Crippen molar-refractivity contribution < 1.29 is 38.6 Å². The van der Waals surface area contributed by atoms with E-state index < -0.39 is 47.9 Å². The van der Waals surface area contributed by atoms with Gasteiger partial charge in [-0.2, -0.15) is 0 Å². The van der Waals surface area contributed by atoms with Crippen molar-refractivity contribution in [3.8, 4) is 22.8 Å². The smallest absolute Gasteiger partial charge is 0.304 e. The summed E-state index contributed by atoms with van der Waals surface area (Å²) in [6, 6.07) is 27.4. The Labute approximate surface area is 440 Å². The molecule has 0 saturated carbocycles. The Hall–Kier alpha value is -6.59. The van der Waals surface area contributed by atoms with E-state index in [2.05, 4.69) is 39.4 Å². The number of ether oxygens (including phenoxy) is 2. The van der Waals surface area contributed by atoms with E-state index in [1.165, 1.54) is 29.8 Å². The maximum absolute atomic E-state index is 14.4. The van der Waals surface area contributed by atoms with Gasteiger partial charge in [0.05, 0.1) is 43.4 Å². The van der Waals surface area contributed by atoms with E-state index >= 15 is 0 Å². The van der Waals surface area contributed by atoms with E-state index in [4.69, 9.17) is 26.1 Å². The summed E-state index contributed by atoms with van der Waals surface area (Å²) < 4.78 is 14.1. The van der Waals surface area contributed by atoms with Crippen LogP contribution in [-0.4, -0.2) is 131 Å². The lowest BCUT2D eigenvalue weighted by atomic mass is 9.94. The second kappa shape index (κ2) is 27.6. The summed E-state index contributed by atoms with van der Waals surface area (Å²) in [6.07, 6.45) is 5.31. The third kappa shape index (κ3) is 16.2. The van der Waals surface area contributed by atoms with Gasteiger partial charge in [0.2, 0.25) is 23.6 Å². The number of benzene rings is 4. The summed E-state index contributed by atoms with van der Waals surface area (Å²) in [5, 5.41) is 19.2. The zero-order chi connectivity index (χ0) is 53.3.